The van der Waals surface area contributed by atoms with E-state index in [1.165, 1.54) is 12.8 Å². The van der Waals surface area contributed by atoms with Crippen LogP contribution in [0.15, 0.2) is 22.7 Å². The Hall–Kier alpha value is -0.540. The molecule has 3 heteroatoms. The summed E-state index contributed by atoms with van der Waals surface area (Å²) in [5.41, 5.74) is 6.70. The van der Waals surface area contributed by atoms with Gasteiger partial charge in [-0.3, -0.25) is 0 Å². The van der Waals surface area contributed by atoms with E-state index in [4.69, 9.17) is 10.5 Å². The van der Waals surface area contributed by atoms with E-state index in [2.05, 4.69) is 15.9 Å². The number of ether oxygens (including phenoxy) is 1. The highest BCUT2D eigenvalue weighted by Crippen LogP contribution is 2.32. The molecule has 1 aliphatic carbocycles. The van der Waals surface area contributed by atoms with E-state index < -0.39 is 0 Å². The lowest BCUT2D eigenvalue weighted by molar-refractivity contribution is 0.300. The second-order valence-electron chi connectivity index (χ2n) is 3.24. The van der Waals surface area contributed by atoms with Crippen LogP contribution in [-0.4, -0.2) is 6.10 Å². The molecule has 1 aliphatic rings. The van der Waals surface area contributed by atoms with Gasteiger partial charge in [-0.1, -0.05) is 22.0 Å². The third kappa shape index (κ3) is 2.03. The minimum atomic E-state index is 0.430. The Morgan fingerprint density at radius 2 is 2.23 bits per heavy atom. The van der Waals surface area contributed by atoms with Crippen molar-refractivity contribution < 1.29 is 4.74 Å². The van der Waals surface area contributed by atoms with E-state index in [9.17, 15) is 0 Å². The number of halogens is 1. The lowest BCUT2D eigenvalue weighted by atomic mass is 10.2. The molecular weight excluding hydrogens is 230 g/mol. The number of hydrogen-bond donors (Lipinski definition) is 1. The summed E-state index contributed by atoms with van der Waals surface area (Å²) in [5.74, 6) is 0.930. The van der Waals surface area contributed by atoms with Crippen molar-refractivity contribution in [3.05, 3.63) is 28.2 Å². The predicted molar refractivity (Wildman–Crippen MR) is 55.7 cm³/mol. The molecule has 13 heavy (non-hydrogen) atoms. The van der Waals surface area contributed by atoms with Crippen LogP contribution in [0.25, 0.3) is 0 Å². The molecule has 2 rings (SSSR count). The number of hydrogen-bond acceptors (Lipinski definition) is 2. The Balaban J connectivity index is 2.25. The van der Waals surface area contributed by atoms with Gasteiger partial charge in [0, 0.05) is 16.6 Å². The summed E-state index contributed by atoms with van der Waals surface area (Å²) in [6.07, 6.45) is 2.78. The zero-order valence-electron chi connectivity index (χ0n) is 7.29. The van der Waals surface area contributed by atoms with Gasteiger partial charge in [0.25, 0.3) is 0 Å². The predicted octanol–water partition coefficient (Wildman–Crippen LogP) is 2.45. The number of rotatable bonds is 3. The fraction of sp³-hybridized carbons (Fsp3) is 0.400. The molecule has 0 atom stereocenters. The maximum Gasteiger partial charge on any atom is 0.125 e. The third-order valence-corrected chi connectivity index (χ3v) is 2.84. The van der Waals surface area contributed by atoms with Crippen LogP contribution in [0.4, 0.5) is 0 Å². The molecule has 0 amide bonds. The lowest BCUT2D eigenvalue weighted by Gasteiger charge is -2.10. The van der Waals surface area contributed by atoms with Crippen LogP contribution in [0.2, 0.25) is 0 Å². The van der Waals surface area contributed by atoms with E-state index in [1.807, 2.05) is 18.2 Å². The normalized spacial score (nSPS) is 15.8. The van der Waals surface area contributed by atoms with E-state index >= 15 is 0 Å². The summed E-state index contributed by atoms with van der Waals surface area (Å²) in [6, 6.07) is 5.94. The van der Waals surface area contributed by atoms with Gasteiger partial charge in [0.1, 0.15) is 5.75 Å². The first-order valence-corrected chi connectivity index (χ1v) is 5.24. The molecule has 0 aromatic heterocycles. The average molecular weight is 242 g/mol. The van der Waals surface area contributed by atoms with Crippen LogP contribution < -0.4 is 10.5 Å². The van der Waals surface area contributed by atoms with Gasteiger partial charge in [-0.25, -0.2) is 0 Å². The van der Waals surface area contributed by atoms with Crippen LogP contribution >= 0.6 is 15.9 Å². The highest BCUT2D eigenvalue weighted by molar-refractivity contribution is 9.10. The van der Waals surface area contributed by atoms with Crippen LogP contribution in [0, 0.1) is 0 Å². The highest BCUT2D eigenvalue weighted by Gasteiger charge is 2.24. The molecule has 1 aromatic carbocycles. The van der Waals surface area contributed by atoms with E-state index in [0.29, 0.717) is 12.6 Å². The molecule has 0 radical (unpaired) electrons. The molecule has 1 fully saturated rings. The van der Waals surface area contributed by atoms with Crippen molar-refractivity contribution in [1.29, 1.82) is 0 Å². The quantitative estimate of drug-likeness (QED) is 0.883. The van der Waals surface area contributed by atoms with E-state index in [1.54, 1.807) is 0 Å². The minimum absolute atomic E-state index is 0.430. The van der Waals surface area contributed by atoms with E-state index in [0.717, 1.165) is 15.8 Å². The molecule has 0 heterocycles. The maximum atomic E-state index is 5.72. The molecule has 0 bridgehead atoms. The second kappa shape index (κ2) is 3.68. The Labute approximate surface area is 86.2 Å². The van der Waals surface area contributed by atoms with Gasteiger partial charge < -0.3 is 10.5 Å². The smallest absolute Gasteiger partial charge is 0.125 e. The van der Waals surface area contributed by atoms with Gasteiger partial charge in [-0.15, -0.1) is 0 Å². The maximum absolute atomic E-state index is 5.72. The van der Waals surface area contributed by atoms with Crippen molar-refractivity contribution in [2.24, 2.45) is 5.73 Å². The largest absolute Gasteiger partial charge is 0.490 e. The standard InChI is InChI=1S/C10H12BrNO/c11-9-2-1-3-10(8(9)6-12)13-7-4-5-7/h1-3,7H,4-6,12H2. The minimum Gasteiger partial charge on any atom is -0.490 e. The zero-order chi connectivity index (χ0) is 9.26. The monoisotopic (exact) mass is 241 g/mol. The van der Waals surface area contributed by atoms with Gasteiger partial charge in [-0.05, 0) is 25.0 Å². The number of benzene rings is 1. The fourth-order valence-corrected chi connectivity index (χ4v) is 1.72. The summed E-state index contributed by atoms with van der Waals surface area (Å²) in [5, 5.41) is 0. The Morgan fingerprint density at radius 3 is 2.85 bits per heavy atom. The van der Waals surface area contributed by atoms with Gasteiger partial charge in [0.15, 0.2) is 0 Å². The summed E-state index contributed by atoms with van der Waals surface area (Å²) >= 11 is 3.46. The molecule has 1 saturated carbocycles. The molecule has 0 spiro atoms. The first-order chi connectivity index (χ1) is 6.31. The Morgan fingerprint density at radius 1 is 1.46 bits per heavy atom. The van der Waals surface area contributed by atoms with Gasteiger partial charge in [0.2, 0.25) is 0 Å². The second-order valence-corrected chi connectivity index (χ2v) is 4.09. The summed E-state index contributed by atoms with van der Waals surface area (Å²) in [6.45, 7) is 0.517. The molecule has 1 aromatic rings. The van der Waals surface area contributed by atoms with Gasteiger partial charge in [0.05, 0.1) is 6.10 Å². The highest BCUT2D eigenvalue weighted by atomic mass is 79.9. The SMILES string of the molecule is NCc1c(Br)cccc1OC1CC1. The molecule has 70 valence electrons. The van der Waals surface area contributed by atoms with Gasteiger partial charge in [-0.2, -0.15) is 0 Å². The van der Waals surface area contributed by atoms with Crippen molar-refractivity contribution in [3.63, 3.8) is 0 Å². The molecule has 2 nitrogen and oxygen atoms in total. The zero-order valence-corrected chi connectivity index (χ0v) is 8.88. The summed E-state index contributed by atoms with van der Waals surface area (Å²) in [7, 11) is 0. The van der Waals surface area contributed by atoms with Crippen molar-refractivity contribution in [2.75, 3.05) is 0 Å². The van der Waals surface area contributed by atoms with Crippen molar-refractivity contribution in [3.8, 4) is 5.75 Å². The Bertz CT molecular complexity index is 310. The number of nitrogens with two attached hydrogens (primary N) is 1. The topological polar surface area (TPSA) is 35.2 Å². The van der Waals surface area contributed by atoms with Crippen molar-refractivity contribution in [2.45, 2.75) is 25.5 Å². The van der Waals surface area contributed by atoms with E-state index in [-0.39, 0.29) is 0 Å². The summed E-state index contributed by atoms with van der Waals surface area (Å²) in [4.78, 5) is 0. The molecule has 2 N–H and O–H groups in total. The van der Waals surface area contributed by atoms with Crippen LogP contribution in [0.1, 0.15) is 18.4 Å². The Kier molecular flexibility index (Phi) is 2.56. The molecular formula is C10H12BrNO. The van der Waals surface area contributed by atoms with Crippen LogP contribution in [0.5, 0.6) is 5.75 Å². The van der Waals surface area contributed by atoms with Crippen molar-refractivity contribution >= 4 is 15.9 Å². The fourth-order valence-electron chi connectivity index (χ4n) is 1.21. The third-order valence-electron chi connectivity index (χ3n) is 2.10. The van der Waals surface area contributed by atoms with Gasteiger partial charge >= 0.3 is 0 Å². The van der Waals surface area contributed by atoms with Crippen LogP contribution in [0.3, 0.4) is 0 Å². The molecule has 0 saturated heterocycles. The lowest BCUT2D eigenvalue weighted by Crippen LogP contribution is -2.04. The molecule has 0 unspecified atom stereocenters. The van der Waals surface area contributed by atoms with Crippen molar-refractivity contribution in [1.82, 2.24) is 0 Å². The van der Waals surface area contributed by atoms with Crippen LogP contribution in [-0.2, 0) is 6.54 Å². The first kappa shape index (κ1) is 9.03. The first-order valence-electron chi connectivity index (χ1n) is 4.45. The molecule has 0 aliphatic heterocycles. The summed E-state index contributed by atoms with van der Waals surface area (Å²) < 4.78 is 6.75. The average Bonchev–Trinajstić information content (AvgIpc) is 2.89.